The zero-order valence-electron chi connectivity index (χ0n) is 16.8. The fourth-order valence-electron chi connectivity index (χ4n) is 3.90. The lowest BCUT2D eigenvalue weighted by atomic mass is 10.1. The SMILES string of the molecule is O=C(Nc1ccc(F)cc1)N1CCN(C(=O)C2CC(=O)N(c3ccccc3F)C2)CC1. The summed E-state index contributed by atoms with van der Waals surface area (Å²) in [4.78, 5) is 42.2. The van der Waals surface area contributed by atoms with Crippen LogP contribution in [0.3, 0.4) is 0 Å². The molecule has 0 spiro atoms. The molecule has 2 aliphatic heterocycles. The van der Waals surface area contributed by atoms with Crippen LogP contribution in [0.25, 0.3) is 0 Å². The van der Waals surface area contributed by atoms with E-state index in [1.54, 1.807) is 21.9 Å². The van der Waals surface area contributed by atoms with Gasteiger partial charge in [0.2, 0.25) is 11.8 Å². The maximum Gasteiger partial charge on any atom is 0.321 e. The molecule has 2 heterocycles. The van der Waals surface area contributed by atoms with Gasteiger partial charge in [0, 0.05) is 44.8 Å². The summed E-state index contributed by atoms with van der Waals surface area (Å²) in [5.41, 5.74) is 0.674. The fourth-order valence-corrected chi connectivity index (χ4v) is 3.90. The maximum atomic E-state index is 14.0. The lowest BCUT2D eigenvalue weighted by Crippen LogP contribution is -2.53. The van der Waals surface area contributed by atoms with E-state index in [1.807, 2.05) is 0 Å². The van der Waals surface area contributed by atoms with E-state index in [4.69, 9.17) is 0 Å². The molecule has 1 atom stereocenters. The Labute approximate surface area is 178 Å². The van der Waals surface area contributed by atoms with Gasteiger partial charge < -0.3 is 20.0 Å². The smallest absolute Gasteiger partial charge is 0.321 e. The average molecular weight is 428 g/mol. The summed E-state index contributed by atoms with van der Waals surface area (Å²) in [5.74, 6) is -1.85. The van der Waals surface area contributed by atoms with Crippen molar-refractivity contribution in [2.24, 2.45) is 5.92 Å². The summed E-state index contributed by atoms with van der Waals surface area (Å²) < 4.78 is 27.0. The van der Waals surface area contributed by atoms with Crippen LogP contribution in [0.15, 0.2) is 48.5 Å². The monoisotopic (exact) mass is 428 g/mol. The first-order valence-corrected chi connectivity index (χ1v) is 10.1. The largest absolute Gasteiger partial charge is 0.339 e. The number of anilines is 2. The van der Waals surface area contributed by atoms with E-state index in [2.05, 4.69) is 5.32 Å². The molecule has 2 saturated heterocycles. The predicted octanol–water partition coefficient (Wildman–Crippen LogP) is 2.69. The quantitative estimate of drug-likeness (QED) is 0.817. The maximum absolute atomic E-state index is 14.0. The van der Waals surface area contributed by atoms with Crippen molar-refractivity contribution < 1.29 is 23.2 Å². The predicted molar refractivity (Wildman–Crippen MR) is 110 cm³/mol. The Kier molecular flexibility index (Phi) is 5.83. The molecule has 0 aliphatic carbocycles. The van der Waals surface area contributed by atoms with Crippen molar-refractivity contribution in [1.29, 1.82) is 0 Å². The van der Waals surface area contributed by atoms with Gasteiger partial charge in [-0.1, -0.05) is 12.1 Å². The zero-order chi connectivity index (χ0) is 22.0. The summed E-state index contributed by atoms with van der Waals surface area (Å²) in [5, 5.41) is 2.70. The number of nitrogens with one attached hydrogen (secondary N) is 1. The summed E-state index contributed by atoms with van der Waals surface area (Å²) in [7, 11) is 0. The first-order valence-electron chi connectivity index (χ1n) is 10.1. The van der Waals surface area contributed by atoms with Crippen LogP contribution in [-0.2, 0) is 9.59 Å². The van der Waals surface area contributed by atoms with Crippen LogP contribution in [0, 0.1) is 17.6 Å². The van der Waals surface area contributed by atoms with Crippen LogP contribution in [-0.4, -0.2) is 60.4 Å². The highest BCUT2D eigenvalue weighted by Crippen LogP contribution is 2.28. The Morgan fingerprint density at radius 2 is 1.55 bits per heavy atom. The van der Waals surface area contributed by atoms with Crippen LogP contribution in [0.2, 0.25) is 0 Å². The Morgan fingerprint density at radius 3 is 2.23 bits per heavy atom. The Balaban J connectivity index is 1.31. The molecule has 162 valence electrons. The van der Waals surface area contributed by atoms with Crippen molar-refractivity contribution in [3.8, 4) is 0 Å². The molecule has 2 fully saturated rings. The van der Waals surface area contributed by atoms with Gasteiger partial charge in [-0.3, -0.25) is 9.59 Å². The van der Waals surface area contributed by atoms with Gasteiger partial charge in [-0.2, -0.15) is 0 Å². The molecule has 0 saturated carbocycles. The molecule has 7 nitrogen and oxygen atoms in total. The number of benzene rings is 2. The number of nitrogens with zero attached hydrogens (tertiary/aromatic N) is 3. The first-order chi connectivity index (χ1) is 14.9. The molecule has 0 aromatic heterocycles. The number of hydrogen-bond donors (Lipinski definition) is 1. The highest BCUT2D eigenvalue weighted by atomic mass is 19.1. The van der Waals surface area contributed by atoms with Gasteiger partial charge in [0.25, 0.3) is 0 Å². The number of carbonyl (C=O) groups excluding carboxylic acids is 3. The van der Waals surface area contributed by atoms with Crippen LogP contribution >= 0.6 is 0 Å². The standard InChI is InChI=1S/C22H22F2N4O3/c23-16-5-7-17(8-6-16)25-22(31)27-11-9-26(10-12-27)21(30)15-13-20(29)28(14-15)19-4-2-1-3-18(19)24/h1-8,15H,9-14H2,(H,25,31). The van der Waals surface area contributed by atoms with Crippen molar-refractivity contribution >= 4 is 29.2 Å². The number of amides is 4. The van der Waals surface area contributed by atoms with Gasteiger partial charge in [0.1, 0.15) is 11.6 Å². The number of piperazine rings is 1. The van der Waals surface area contributed by atoms with Crippen LogP contribution < -0.4 is 10.2 Å². The fraction of sp³-hybridized carbons (Fsp3) is 0.318. The third kappa shape index (κ3) is 4.50. The molecule has 0 bridgehead atoms. The number of para-hydroxylation sites is 1. The molecule has 2 aliphatic rings. The van der Waals surface area contributed by atoms with Crippen LogP contribution in [0.1, 0.15) is 6.42 Å². The van der Waals surface area contributed by atoms with Crippen molar-refractivity contribution in [1.82, 2.24) is 9.80 Å². The average Bonchev–Trinajstić information content (AvgIpc) is 3.16. The van der Waals surface area contributed by atoms with Gasteiger partial charge in [0.15, 0.2) is 0 Å². The third-order valence-corrected chi connectivity index (χ3v) is 5.59. The number of halogens is 2. The normalized spacial score (nSPS) is 19.0. The van der Waals surface area contributed by atoms with Crippen LogP contribution in [0.4, 0.5) is 25.0 Å². The Morgan fingerprint density at radius 1 is 0.903 bits per heavy atom. The van der Waals surface area contributed by atoms with Gasteiger partial charge in [-0.25, -0.2) is 13.6 Å². The lowest BCUT2D eigenvalue weighted by molar-refractivity contribution is -0.137. The molecular weight excluding hydrogens is 406 g/mol. The topological polar surface area (TPSA) is 73.0 Å². The molecular formula is C22H22F2N4O3. The van der Waals surface area contributed by atoms with E-state index in [9.17, 15) is 23.2 Å². The van der Waals surface area contributed by atoms with Gasteiger partial charge in [-0.05, 0) is 36.4 Å². The van der Waals surface area contributed by atoms with Gasteiger partial charge in [0.05, 0.1) is 11.6 Å². The molecule has 9 heteroatoms. The third-order valence-electron chi connectivity index (χ3n) is 5.59. The zero-order valence-corrected chi connectivity index (χ0v) is 16.8. The highest BCUT2D eigenvalue weighted by molar-refractivity contribution is 6.00. The van der Waals surface area contributed by atoms with Crippen molar-refractivity contribution in [3.05, 3.63) is 60.2 Å². The molecule has 4 rings (SSSR count). The van der Waals surface area contributed by atoms with Crippen molar-refractivity contribution in [3.63, 3.8) is 0 Å². The summed E-state index contributed by atoms with van der Waals surface area (Å²) in [6, 6.07) is 11.2. The molecule has 1 unspecified atom stereocenters. The van der Waals surface area contributed by atoms with Gasteiger partial charge in [-0.15, -0.1) is 0 Å². The van der Waals surface area contributed by atoms with E-state index in [0.717, 1.165) is 0 Å². The second-order valence-electron chi connectivity index (χ2n) is 7.61. The molecule has 0 radical (unpaired) electrons. The highest BCUT2D eigenvalue weighted by Gasteiger charge is 2.39. The number of rotatable bonds is 3. The Bertz CT molecular complexity index is 991. The van der Waals surface area contributed by atoms with E-state index in [1.165, 1.54) is 41.3 Å². The Hall–Kier alpha value is -3.49. The lowest BCUT2D eigenvalue weighted by Gasteiger charge is -2.35. The van der Waals surface area contributed by atoms with Crippen LogP contribution in [0.5, 0.6) is 0 Å². The van der Waals surface area contributed by atoms with E-state index >= 15 is 0 Å². The summed E-state index contributed by atoms with van der Waals surface area (Å²) in [6.45, 7) is 1.52. The van der Waals surface area contributed by atoms with Gasteiger partial charge >= 0.3 is 6.03 Å². The molecule has 2 aromatic carbocycles. The molecule has 31 heavy (non-hydrogen) atoms. The molecule has 4 amide bonds. The van der Waals surface area contributed by atoms with Crippen molar-refractivity contribution in [2.75, 3.05) is 42.9 Å². The first kappa shape index (κ1) is 20.8. The summed E-state index contributed by atoms with van der Waals surface area (Å²) >= 11 is 0. The number of carbonyl (C=O) groups is 3. The van der Waals surface area contributed by atoms with Crippen molar-refractivity contribution in [2.45, 2.75) is 6.42 Å². The summed E-state index contributed by atoms with van der Waals surface area (Å²) in [6.07, 6.45) is 0.0401. The van der Waals surface area contributed by atoms with E-state index < -0.39 is 11.7 Å². The van der Waals surface area contributed by atoms with E-state index in [-0.39, 0.29) is 42.3 Å². The second-order valence-corrected chi connectivity index (χ2v) is 7.61. The minimum Gasteiger partial charge on any atom is -0.339 e. The van der Waals surface area contributed by atoms with E-state index in [0.29, 0.717) is 31.9 Å². The number of urea groups is 1. The molecule has 1 N–H and O–H groups in total. The minimum atomic E-state index is -0.535. The second kappa shape index (κ2) is 8.71. The number of hydrogen-bond acceptors (Lipinski definition) is 3. The molecule has 2 aromatic rings. The minimum absolute atomic E-state index is 0.0401.